The molecule has 3 heteroatoms. The van der Waals surface area contributed by atoms with E-state index in [0.717, 1.165) is 18.5 Å². The number of hydrogen-bond acceptors (Lipinski definition) is 1. The Kier molecular flexibility index (Phi) is 4.94. The van der Waals surface area contributed by atoms with Crippen molar-refractivity contribution in [2.75, 3.05) is 6.54 Å². The third-order valence-electron chi connectivity index (χ3n) is 3.09. The summed E-state index contributed by atoms with van der Waals surface area (Å²) in [5, 5.41) is 3.92. The van der Waals surface area contributed by atoms with Gasteiger partial charge in [-0.25, -0.2) is 4.39 Å². The molecule has 2 aromatic rings. The highest BCUT2D eigenvalue weighted by atomic mass is 35.5. The van der Waals surface area contributed by atoms with E-state index in [1.54, 1.807) is 6.07 Å². The zero-order chi connectivity index (χ0) is 13.7. The van der Waals surface area contributed by atoms with Crippen LogP contribution in [0.2, 0.25) is 5.02 Å². The van der Waals surface area contributed by atoms with Crippen LogP contribution in [0.5, 0.6) is 0 Å². The fourth-order valence-corrected chi connectivity index (χ4v) is 2.39. The second kappa shape index (κ2) is 6.69. The molecule has 0 spiro atoms. The molecule has 0 heterocycles. The Morgan fingerprint density at radius 3 is 2.53 bits per heavy atom. The maximum Gasteiger partial charge on any atom is 0.124 e. The molecule has 0 saturated carbocycles. The first-order valence-electron chi connectivity index (χ1n) is 6.43. The predicted octanol–water partition coefficient (Wildman–Crippen LogP) is 4.37. The number of hydrogen-bond donors (Lipinski definition) is 1. The van der Waals surface area contributed by atoms with Gasteiger partial charge in [-0.1, -0.05) is 54.9 Å². The van der Waals surface area contributed by atoms with Crippen LogP contribution in [-0.2, 0) is 6.42 Å². The van der Waals surface area contributed by atoms with Crippen LogP contribution in [-0.4, -0.2) is 6.54 Å². The number of halogens is 2. The standard InChI is InChI=1S/C16H17ClFN/c1-2-19-16(12-6-4-3-5-7-12)10-13-8-9-14(18)11-15(13)17/h3-9,11,16,19H,2,10H2,1H3. The molecule has 1 N–H and O–H groups in total. The summed E-state index contributed by atoms with van der Waals surface area (Å²) in [6.07, 6.45) is 0.747. The van der Waals surface area contributed by atoms with E-state index >= 15 is 0 Å². The van der Waals surface area contributed by atoms with E-state index in [0.29, 0.717) is 5.02 Å². The summed E-state index contributed by atoms with van der Waals surface area (Å²) in [6.45, 7) is 2.95. The average Bonchev–Trinajstić information content (AvgIpc) is 2.42. The van der Waals surface area contributed by atoms with Crippen LogP contribution in [0.1, 0.15) is 24.1 Å². The topological polar surface area (TPSA) is 12.0 Å². The third kappa shape index (κ3) is 3.79. The summed E-state index contributed by atoms with van der Waals surface area (Å²) in [5.41, 5.74) is 2.17. The van der Waals surface area contributed by atoms with Crippen molar-refractivity contribution in [3.63, 3.8) is 0 Å². The number of rotatable bonds is 5. The molecule has 1 atom stereocenters. The van der Waals surface area contributed by atoms with E-state index in [1.807, 2.05) is 18.2 Å². The van der Waals surface area contributed by atoms with Crippen molar-refractivity contribution >= 4 is 11.6 Å². The normalized spacial score (nSPS) is 12.4. The van der Waals surface area contributed by atoms with E-state index < -0.39 is 0 Å². The van der Waals surface area contributed by atoms with Crippen LogP contribution < -0.4 is 5.32 Å². The molecule has 0 aromatic heterocycles. The minimum absolute atomic E-state index is 0.189. The Labute approximate surface area is 118 Å². The number of benzene rings is 2. The molecule has 0 fully saturated rings. The van der Waals surface area contributed by atoms with Gasteiger partial charge in [0.05, 0.1) is 0 Å². The van der Waals surface area contributed by atoms with Gasteiger partial charge in [0.15, 0.2) is 0 Å². The molecule has 1 unspecified atom stereocenters. The van der Waals surface area contributed by atoms with E-state index in [2.05, 4.69) is 24.4 Å². The average molecular weight is 278 g/mol. The molecular weight excluding hydrogens is 261 g/mol. The Morgan fingerprint density at radius 1 is 1.16 bits per heavy atom. The van der Waals surface area contributed by atoms with Gasteiger partial charge < -0.3 is 5.32 Å². The van der Waals surface area contributed by atoms with Crippen molar-refractivity contribution < 1.29 is 4.39 Å². The summed E-state index contributed by atoms with van der Waals surface area (Å²) in [5.74, 6) is -0.298. The van der Waals surface area contributed by atoms with Gasteiger partial charge in [-0.3, -0.25) is 0 Å². The van der Waals surface area contributed by atoms with Crippen molar-refractivity contribution in [2.24, 2.45) is 0 Å². The molecular formula is C16H17ClFN. The molecule has 0 aliphatic heterocycles. The predicted molar refractivity (Wildman–Crippen MR) is 78.0 cm³/mol. The fraction of sp³-hybridized carbons (Fsp3) is 0.250. The summed E-state index contributed by atoms with van der Waals surface area (Å²) < 4.78 is 13.1. The smallest absolute Gasteiger partial charge is 0.124 e. The Morgan fingerprint density at radius 2 is 1.89 bits per heavy atom. The monoisotopic (exact) mass is 277 g/mol. The van der Waals surface area contributed by atoms with Crippen molar-refractivity contribution in [1.82, 2.24) is 5.32 Å². The largest absolute Gasteiger partial charge is 0.310 e. The van der Waals surface area contributed by atoms with Crippen LogP contribution in [0.3, 0.4) is 0 Å². The summed E-state index contributed by atoms with van der Waals surface area (Å²) in [7, 11) is 0. The molecule has 2 aromatic carbocycles. The second-order valence-electron chi connectivity index (χ2n) is 4.46. The van der Waals surface area contributed by atoms with E-state index in [-0.39, 0.29) is 11.9 Å². The molecule has 1 nitrogen and oxygen atoms in total. The molecule has 0 radical (unpaired) electrons. The molecule has 0 aliphatic rings. The highest BCUT2D eigenvalue weighted by Gasteiger charge is 2.13. The van der Waals surface area contributed by atoms with Crippen molar-refractivity contribution in [3.8, 4) is 0 Å². The lowest BCUT2D eigenvalue weighted by atomic mass is 9.99. The zero-order valence-electron chi connectivity index (χ0n) is 10.9. The van der Waals surface area contributed by atoms with Crippen molar-refractivity contribution in [3.05, 3.63) is 70.5 Å². The van der Waals surface area contributed by atoms with Gasteiger partial charge in [0, 0.05) is 11.1 Å². The Hall–Kier alpha value is -1.38. The van der Waals surface area contributed by atoms with Crippen LogP contribution in [0.15, 0.2) is 48.5 Å². The van der Waals surface area contributed by atoms with E-state index in [1.165, 1.54) is 17.7 Å². The highest BCUT2D eigenvalue weighted by Crippen LogP contribution is 2.24. The van der Waals surface area contributed by atoms with Crippen molar-refractivity contribution in [1.29, 1.82) is 0 Å². The molecule has 19 heavy (non-hydrogen) atoms. The third-order valence-corrected chi connectivity index (χ3v) is 3.44. The van der Waals surface area contributed by atoms with Gasteiger partial charge >= 0.3 is 0 Å². The minimum Gasteiger partial charge on any atom is -0.310 e. The maximum absolute atomic E-state index is 13.1. The first-order valence-corrected chi connectivity index (χ1v) is 6.80. The highest BCUT2D eigenvalue weighted by molar-refractivity contribution is 6.31. The first-order chi connectivity index (χ1) is 9.20. The van der Waals surface area contributed by atoms with Crippen LogP contribution in [0.4, 0.5) is 4.39 Å². The molecule has 0 aliphatic carbocycles. The minimum atomic E-state index is -0.298. The first kappa shape index (κ1) is 14.0. The van der Waals surface area contributed by atoms with Gasteiger partial charge in [-0.15, -0.1) is 0 Å². The second-order valence-corrected chi connectivity index (χ2v) is 4.87. The Balaban J connectivity index is 2.21. The molecule has 0 amide bonds. The van der Waals surface area contributed by atoms with Crippen LogP contribution in [0.25, 0.3) is 0 Å². The molecule has 2 rings (SSSR count). The lowest BCUT2D eigenvalue weighted by molar-refractivity contribution is 0.549. The van der Waals surface area contributed by atoms with Crippen LogP contribution >= 0.6 is 11.6 Å². The lowest BCUT2D eigenvalue weighted by Gasteiger charge is -2.19. The fourth-order valence-electron chi connectivity index (χ4n) is 2.15. The molecule has 100 valence electrons. The summed E-state index contributed by atoms with van der Waals surface area (Å²) in [4.78, 5) is 0. The summed E-state index contributed by atoms with van der Waals surface area (Å²) >= 11 is 6.09. The molecule has 0 saturated heterocycles. The van der Waals surface area contributed by atoms with Gasteiger partial charge in [0.2, 0.25) is 0 Å². The van der Waals surface area contributed by atoms with E-state index in [4.69, 9.17) is 11.6 Å². The summed E-state index contributed by atoms with van der Waals surface area (Å²) in [6, 6.07) is 15.0. The van der Waals surface area contributed by atoms with Gasteiger partial charge in [-0.2, -0.15) is 0 Å². The maximum atomic E-state index is 13.1. The quantitative estimate of drug-likeness (QED) is 0.856. The Bertz CT molecular complexity index is 528. The van der Waals surface area contributed by atoms with Gasteiger partial charge in [-0.05, 0) is 36.2 Å². The van der Waals surface area contributed by atoms with Gasteiger partial charge in [0.1, 0.15) is 5.82 Å². The number of likely N-dealkylation sites (N-methyl/N-ethyl adjacent to an activating group) is 1. The van der Waals surface area contributed by atoms with E-state index in [9.17, 15) is 4.39 Å². The number of nitrogens with one attached hydrogen (secondary N) is 1. The van der Waals surface area contributed by atoms with Crippen molar-refractivity contribution in [2.45, 2.75) is 19.4 Å². The zero-order valence-corrected chi connectivity index (χ0v) is 11.6. The lowest BCUT2D eigenvalue weighted by Crippen LogP contribution is -2.23. The SMILES string of the molecule is CCNC(Cc1ccc(F)cc1Cl)c1ccccc1. The molecule has 0 bridgehead atoms. The van der Waals surface area contributed by atoms with Crippen LogP contribution in [0, 0.1) is 5.82 Å². The van der Waals surface area contributed by atoms with Gasteiger partial charge in [0.25, 0.3) is 0 Å².